The van der Waals surface area contributed by atoms with Gasteiger partial charge in [-0.15, -0.1) is 11.3 Å². The molecule has 0 spiro atoms. The minimum absolute atomic E-state index is 0.183. The van der Waals surface area contributed by atoms with E-state index in [4.69, 9.17) is 4.74 Å². The smallest absolute Gasteiger partial charge is 0.263 e. The van der Waals surface area contributed by atoms with Crippen LogP contribution in [0.15, 0.2) is 24.3 Å². The summed E-state index contributed by atoms with van der Waals surface area (Å²) in [6.07, 6.45) is 4.04. The number of ether oxygens (including phenoxy) is 1. The fourth-order valence-electron chi connectivity index (χ4n) is 3.34. The zero-order valence-electron chi connectivity index (χ0n) is 14.7. The topological polar surface area (TPSA) is 29.5 Å². The van der Waals surface area contributed by atoms with Crippen molar-refractivity contribution in [2.75, 3.05) is 20.2 Å². The summed E-state index contributed by atoms with van der Waals surface area (Å²) in [5.74, 6) is 1.06. The number of amides is 1. The molecule has 1 aliphatic carbocycles. The van der Waals surface area contributed by atoms with Crippen LogP contribution in [0.25, 0.3) is 10.4 Å². The lowest BCUT2D eigenvalue weighted by Crippen LogP contribution is -2.31. The number of nitrogens with zero attached hydrogens (tertiary/aromatic N) is 1. The van der Waals surface area contributed by atoms with E-state index in [2.05, 4.69) is 32.0 Å². The average molecular weight is 343 g/mol. The molecule has 0 saturated carbocycles. The highest BCUT2D eigenvalue weighted by atomic mass is 32.1. The van der Waals surface area contributed by atoms with Gasteiger partial charge in [-0.3, -0.25) is 4.79 Å². The third-order valence-corrected chi connectivity index (χ3v) is 5.72. The lowest BCUT2D eigenvalue weighted by molar-refractivity contribution is 0.0760. The minimum atomic E-state index is 0.183. The van der Waals surface area contributed by atoms with Crippen molar-refractivity contribution in [2.45, 2.75) is 39.5 Å². The van der Waals surface area contributed by atoms with E-state index in [-0.39, 0.29) is 5.91 Å². The van der Waals surface area contributed by atoms with Crippen molar-refractivity contribution in [1.29, 1.82) is 0 Å². The Morgan fingerprint density at radius 3 is 2.50 bits per heavy atom. The number of hydrogen-bond acceptors (Lipinski definition) is 3. The fourth-order valence-corrected chi connectivity index (χ4v) is 4.57. The maximum atomic E-state index is 12.9. The molecule has 0 N–H and O–H groups in total. The third-order valence-electron chi connectivity index (χ3n) is 4.52. The Bertz CT molecular complexity index is 729. The molecule has 0 aliphatic heterocycles. The molecule has 0 unspecified atom stereocenters. The standard InChI is InChI=1S/C20H25NO2S/c1-4-10-21(11-5-2)20(22)18-12-15-7-6-14-8-9-16(23-3)13-17(14)19(15)24-18/h8-9,12-13H,4-7,10-11H2,1-3H3. The molecule has 3 rings (SSSR count). The number of carbonyl (C=O) groups is 1. The lowest BCUT2D eigenvalue weighted by atomic mass is 9.91. The van der Waals surface area contributed by atoms with Gasteiger partial charge in [-0.25, -0.2) is 0 Å². The first kappa shape index (κ1) is 17.0. The quantitative estimate of drug-likeness (QED) is 0.755. The Morgan fingerprint density at radius 1 is 1.12 bits per heavy atom. The molecule has 1 aliphatic rings. The van der Waals surface area contributed by atoms with Gasteiger partial charge in [0, 0.05) is 18.0 Å². The second kappa shape index (κ2) is 7.39. The molecule has 1 amide bonds. The van der Waals surface area contributed by atoms with Crippen LogP contribution in [0.4, 0.5) is 0 Å². The van der Waals surface area contributed by atoms with Crippen LogP contribution in [-0.4, -0.2) is 31.0 Å². The van der Waals surface area contributed by atoms with E-state index in [9.17, 15) is 4.79 Å². The molecule has 0 fully saturated rings. The van der Waals surface area contributed by atoms with Gasteiger partial charge in [-0.2, -0.15) is 0 Å². The third kappa shape index (κ3) is 3.20. The molecular weight excluding hydrogens is 318 g/mol. The Morgan fingerprint density at radius 2 is 1.83 bits per heavy atom. The minimum Gasteiger partial charge on any atom is -0.497 e. The van der Waals surface area contributed by atoms with Crippen LogP contribution in [0.3, 0.4) is 0 Å². The largest absolute Gasteiger partial charge is 0.497 e. The first-order valence-electron chi connectivity index (χ1n) is 8.77. The summed E-state index contributed by atoms with van der Waals surface area (Å²) in [7, 11) is 1.70. The molecule has 0 atom stereocenters. The fraction of sp³-hybridized carbons (Fsp3) is 0.450. The highest BCUT2D eigenvalue weighted by Crippen LogP contribution is 2.41. The van der Waals surface area contributed by atoms with Crippen LogP contribution < -0.4 is 4.74 Å². The second-order valence-electron chi connectivity index (χ2n) is 6.28. The van der Waals surface area contributed by atoms with E-state index in [1.807, 2.05) is 11.0 Å². The van der Waals surface area contributed by atoms with Crippen molar-refractivity contribution >= 4 is 17.2 Å². The number of carbonyl (C=O) groups excluding carboxylic acids is 1. The van der Waals surface area contributed by atoms with Crippen LogP contribution in [0.2, 0.25) is 0 Å². The first-order chi connectivity index (χ1) is 11.7. The molecule has 2 aromatic rings. The van der Waals surface area contributed by atoms with Gasteiger partial charge in [0.15, 0.2) is 0 Å². The molecule has 1 aromatic carbocycles. The molecule has 0 bridgehead atoms. The molecule has 1 heterocycles. The Kier molecular flexibility index (Phi) is 5.24. The number of aryl methyl sites for hydroxylation is 2. The van der Waals surface area contributed by atoms with E-state index < -0.39 is 0 Å². The summed E-state index contributed by atoms with van der Waals surface area (Å²) in [6, 6.07) is 8.39. The van der Waals surface area contributed by atoms with Gasteiger partial charge in [0.2, 0.25) is 0 Å². The molecule has 128 valence electrons. The molecule has 0 radical (unpaired) electrons. The van der Waals surface area contributed by atoms with Crippen molar-refractivity contribution in [3.8, 4) is 16.2 Å². The lowest BCUT2D eigenvalue weighted by Gasteiger charge is -2.20. The summed E-state index contributed by atoms with van der Waals surface area (Å²) in [5, 5.41) is 0. The van der Waals surface area contributed by atoms with E-state index in [0.717, 1.165) is 49.4 Å². The molecule has 4 heteroatoms. The number of benzene rings is 1. The van der Waals surface area contributed by atoms with E-state index in [1.54, 1.807) is 18.4 Å². The highest BCUT2D eigenvalue weighted by Gasteiger charge is 2.24. The second-order valence-corrected chi connectivity index (χ2v) is 7.33. The van der Waals surface area contributed by atoms with Gasteiger partial charge in [0.1, 0.15) is 5.75 Å². The Labute approximate surface area is 148 Å². The predicted molar refractivity (Wildman–Crippen MR) is 100 cm³/mol. The number of rotatable bonds is 6. The van der Waals surface area contributed by atoms with Crippen LogP contribution in [-0.2, 0) is 12.8 Å². The normalized spacial score (nSPS) is 12.5. The van der Waals surface area contributed by atoms with Crippen LogP contribution in [0, 0.1) is 0 Å². The van der Waals surface area contributed by atoms with Crippen LogP contribution in [0.5, 0.6) is 5.75 Å². The summed E-state index contributed by atoms with van der Waals surface area (Å²) in [4.78, 5) is 17.0. The van der Waals surface area contributed by atoms with Gasteiger partial charge in [0.05, 0.1) is 12.0 Å². The summed E-state index contributed by atoms with van der Waals surface area (Å²) in [5.41, 5.74) is 3.89. The number of thiophene rings is 1. The average Bonchev–Trinajstić information content (AvgIpc) is 3.05. The Hall–Kier alpha value is -1.81. The monoisotopic (exact) mass is 343 g/mol. The zero-order valence-corrected chi connectivity index (χ0v) is 15.5. The highest BCUT2D eigenvalue weighted by molar-refractivity contribution is 7.17. The van der Waals surface area contributed by atoms with Crippen molar-refractivity contribution in [3.63, 3.8) is 0 Å². The number of methoxy groups -OCH3 is 1. The van der Waals surface area contributed by atoms with Gasteiger partial charge < -0.3 is 9.64 Å². The van der Waals surface area contributed by atoms with Crippen LogP contribution in [0.1, 0.15) is 47.5 Å². The van der Waals surface area contributed by atoms with E-state index >= 15 is 0 Å². The summed E-state index contributed by atoms with van der Waals surface area (Å²) < 4.78 is 5.38. The van der Waals surface area contributed by atoms with Gasteiger partial charge in [0.25, 0.3) is 5.91 Å². The van der Waals surface area contributed by atoms with Gasteiger partial charge in [-0.1, -0.05) is 19.9 Å². The maximum Gasteiger partial charge on any atom is 0.263 e. The van der Waals surface area contributed by atoms with Gasteiger partial charge >= 0.3 is 0 Å². The van der Waals surface area contributed by atoms with Gasteiger partial charge in [-0.05, 0) is 60.6 Å². The van der Waals surface area contributed by atoms with E-state index in [1.165, 1.54) is 21.6 Å². The first-order valence-corrected chi connectivity index (χ1v) is 9.58. The van der Waals surface area contributed by atoms with E-state index in [0.29, 0.717) is 0 Å². The van der Waals surface area contributed by atoms with Crippen molar-refractivity contribution in [3.05, 3.63) is 40.3 Å². The summed E-state index contributed by atoms with van der Waals surface area (Å²) in [6.45, 7) is 5.91. The molecule has 3 nitrogen and oxygen atoms in total. The SMILES string of the molecule is CCCN(CCC)C(=O)c1cc2c(s1)-c1cc(OC)ccc1CC2. The number of fused-ring (bicyclic) bond motifs is 3. The number of hydrogen-bond donors (Lipinski definition) is 0. The van der Waals surface area contributed by atoms with Crippen molar-refractivity contribution in [1.82, 2.24) is 4.90 Å². The molecule has 24 heavy (non-hydrogen) atoms. The predicted octanol–water partition coefficient (Wildman–Crippen LogP) is 4.78. The van der Waals surface area contributed by atoms with Crippen molar-refractivity contribution in [2.24, 2.45) is 0 Å². The Balaban J connectivity index is 1.95. The van der Waals surface area contributed by atoms with Crippen LogP contribution >= 0.6 is 11.3 Å². The molecular formula is C20H25NO2S. The molecule has 1 aromatic heterocycles. The van der Waals surface area contributed by atoms with Crippen molar-refractivity contribution < 1.29 is 9.53 Å². The summed E-state index contributed by atoms with van der Waals surface area (Å²) >= 11 is 1.64. The maximum absolute atomic E-state index is 12.9. The molecule has 0 saturated heterocycles. The zero-order chi connectivity index (χ0) is 17.1.